The van der Waals surface area contributed by atoms with E-state index in [1.165, 1.54) is 0 Å². The molecule has 1 N–H and O–H groups in total. The monoisotopic (exact) mass is 623 g/mol. The first kappa shape index (κ1) is 30.4. The fraction of sp³-hybridized carbons (Fsp3) is 0.360. The summed E-state index contributed by atoms with van der Waals surface area (Å²) < 4.78 is 92.4. The van der Waals surface area contributed by atoms with Gasteiger partial charge in [0.05, 0.1) is 6.61 Å². The van der Waals surface area contributed by atoms with E-state index in [4.69, 9.17) is 9.47 Å². The highest BCUT2D eigenvalue weighted by atomic mass is 79.9. The van der Waals surface area contributed by atoms with Crippen molar-refractivity contribution in [1.82, 2.24) is 10.2 Å². The van der Waals surface area contributed by atoms with Crippen molar-refractivity contribution >= 4 is 27.8 Å². The van der Waals surface area contributed by atoms with Crippen LogP contribution in [0.15, 0.2) is 82.1 Å². The number of carbonyl (C=O) groups is 1. The van der Waals surface area contributed by atoms with Gasteiger partial charge in [-0.25, -0.2) is 4.99 Å². The summed E-state index contributed by atoms with van der Waals surface area (Å²) in [7, 11) is 0. The average Bonchev–Trinajstić information content (AvgIpc) is 2.88. The number of carbonyl (C=O) groups excluding carboxylic acids is 1. The largest absolute Gasteiger partial charge is 0.469 e. The third-order valence-electron chi connectivity index (χ3n) is 5.20. The molecule has 1 aliphatic carbocycles. The van der Waals surface area contributed by atoms with Gasteiger partial charge in [0.25, 0.3) is 5.91 Å². The zero-order valence-electron chi connectivity index (χ0n) is 20.3. The maximum absolute atomic E-state index is 13.5. The summed E-state index contributed by atoms with van der Waals surface area (Å²) in [4.78, 5) is 18.4. The van der Waals surface area contributed by atoms with Crippen molar-refractivity contribution < 1.29 is 45.3 Å². The quantitative estimate of drug-likeness (QED) is 0.206. The highest BCUT2D eigenvalue weighted by Gasteiger charge is 2.34. The van der Waals surface area contributed by atoms with Gasteiger partial charge in [-0.2, -0.15) is 26.3 Å². The third kappa shape index (κ3) is 10.2. The van der Waals surface area contributed by atoms with E-state index in [1.807, 2.05) is 6.08 Å². The molecule has 3 rings (SSSR count). The zero-order chi connectivity index (χ0) is 28.6. The number of alkyl halides is 6. The second-order valence-electron chi connectivity index (χ2n) is 8.34. The van der Waals surface area contributed by atoms with Crippen molar-refractivity contribution in [3.63, 3.8) is 0 Å². The van der Waals surface area contributed by atoms with Crippen LogP contribution in [0.4, 0.5) is 26.3 Å². The van der Waals surface area contributed by atoms with E-state index in [0.29, 0.717) is 6.42 Å². The molecule has 1 aliphatic heterocycles. The molecule has 0 radical (unpaired) electrons. The lowest BCUT2D eigenvalue weighted by Crippen LogP contribution is -2.49. The molecule has 7 nitrogen and oxygen atoms in total. The molecule has 2 atom stereocenters. The maximum atomic E-state index is 13.5. The molecular weight excluding hydrogens is 600 g/mol. The molecule has 0 saturated carbocycles. The van der Waals surface area contributed by atoms with Gasteiger partial charge in [-0.3, -0.25) is 15.0 Å². The van der Waals surface area contributed by atoms with Crippen molar-refractivity contribution in [2.75, 3.05) is 19.9 Å². The van der Waals surface area contributed by atoms with Gasteiger partial charge in [0, 0.05) is 22.0 Å². The molecule has 0 fully saturated rings. The van der Waals surface area contributed by atoms with Crippen molar-refractivity contribution in [1.29, 1.82) is 0 Å². The lowest BCUT2D eigenvalue weighted by Gasteiger charge is -2.31. The third-order valence-corrected chi connectivity index (χ3v) is 5.79. The summed E-state index contributed by atoms with van der Waals surface area (Å²) >= 11 is 3.33. The Morgan fingerprint density at radius 3 is 2.44 bits per heavy atom. The van der Waals surface area contributed by atoms with Crippen LogP contribution in [0.5, 0.6) is 0 Å². The first-order chi connectivity index (χ1) is 18.3. The molecule has 0 bridgehead atoms. The first-order valence-corrected chi connectivity index (χ1v) is 12.2. The number of nitrogens with one attached hydrogen (secondary N) is 1. The van der Waals surface area contributed by atoms with E-state index < -0.39 is 62.2 Å². The number of benzene rings is 1. The Morgan fingerprint density at radius 2 is 1.82 bits per heavy atom. The molecule has 0 spiro atoms. The summed E-state index contributed by atoms with van der Waals surface area (Å²) in [5.74, 6) is -2.17. The topological polar surface area (TPSA) is 72.4 Å². The number of amides is 1. The maximum Gasteiger partial charge on any atom is 0.422 e. The molecule has 0 aromatic heterocycles. The summed E-state index contributed by atoms with van der Waals surface area (Å²) in [6, 6.07) is 8.88. The van der Waals surface area contributed by atoms with Gasteiger partial charge >= 0.3 is 12.4 Å². The lowest BCUT2D eigenvalue weighted by atomic mass is 9.92. The van der Waals surface area contributed by atoms with E-state index in [1.54, 1.807) is 42.5 Å². The van der Waals surface area contributed by atoms with Crippen LogP contribution in [0.1, 0.15) is 12.0 Å². The second kappa shape index (κ2) is 13.3. The van der Waals surface area contributed by atoms with E-state index in [9.17, 15) is 31.1 Å². The number of halogens is 7. The Morgan fingerprint density at radius 1 is 1.13 bits per heavy atom. The SMILES string of the molecule is C=C(C(=O)N(COCc1ccccc1)C1=NC(OCC(F)(F)F)C=C(OCC(F)(F)F)N1)C1C=CC(Br)=CC1. The number of aliphatic imine (C=N–C) groups is 1. The van der Waals surface area contributed by atoms with Crippen LogP contribution >= 0.6 is 15.9 Å². The van der Waals surface area contributed by atoms with Crippen LogP contribution in [0, 0.1) is 5.92 Å². The number of rotatable bonds is 10. The molecule has 1 amide bonds. The van der Waals surface area contributed by atoms with Gasteiger partial charge in [-0.05, 0) is 12.0 Å². The Balaban J connectivity index is 1.85. The Hall–Kier alpha value is -3.10. The molecule has 39 heavy (non-hydrogen) atoms. The van der Waals surface area contributed by atoms with E-state index in [-0.39, 0.29) is 12.2 Å². The molecular formula is C25H24BrF6N3O4. The smallest absolute Gasteiger partial charge is 0.422 e. The van der Waals surface area contributed by atoms with Crippen LogP contribution in [0.3, 0.4) is 0 Å². The second-order valence-corrected chi connectivity index (χ2v) is 9.26. The van der Waals surface area contributed by atoms with E-state index in [0.717, 1.165) is 21.0 Å². The van der Waals surface area contributed by atoms with Gasteiger partial charge in [-0.15, -0.1) is 0 Å². The molecule has 2 unspecified atom stereocenters. The highest BCUT2D eigenvalue weighted by molar-refractivity contribution is 9.11. The summed E-state index contributed by atoms with van der Waals surface area (Å²) in [5, 5.41) is 2.42. The Labute approximate surface area is 228 Å². The van der Waals surface area contributed by atoms with Crippen LogP contribution < -0.4 is 5.32 Å². The number of ether oxygens (including phenoxy) is 3. The van der Waals surface area contributed by atoms with Crippen molar-refractivity contribution in [2.24, 2.45) is 10.9 Å². The van der Waals surface area contributed by atoms with Gasteiger partial charge in [0.1, 0.15) is 13.3 Å². The number of hydrogen-bond acceptors (Lipinski definition) is 6. The number of hydrogen-bond donors (Lipinski definition) is 1. The fourth-order valence-corrected chi connectivity index (χ4v) is 3.69. The molecule has 1 aromatic rings. The van der Waals surface area contributed by atoms with Crippen LogP contribution in [0.2, 0.25) is 0 Å². The number of allylic oxidation sites excluding steroid dienone is 4. The van der Waals surface area contributed by atoms with Gasteiger partial charge < -0.3 is 14.2 Å². The predicted molar refractivity (Wildman–Crippen MR) is 133 cm³/mol. The minimum atomic E-state index is -4.74. The molecule has 1 heterocycles. The molecule has 0 saturated heterocycles. The van der Waals surface area contributed by atoms with E-state index >= 15 is 0 Å². The van der Waals surface area contributed by atoms with Crippen LogP contribution in [0.25, 0.3) is 0 Å². The first-order valence-electron chi connectivity index (χ1n) is 11.4. The summed E-state index contributed by atoms with van der Waals surface area (Å²) in [6.45, 7) is -0.0433. The normalized spacial score (nSPS) is 19.4. The Bertz CT molecular complexity index is 1150. The van der Waals surface area contributed by atoms with Crippen LogP contribution in [-0.4, -0.2) is 55.3 Å². The van der Waals surface area contributed by atoms with Crippen LogP contribution in [-0.2, 0) is 25.6 Å². The van der Waals surface area contributed by atoms with Crippen molar-refractivity contribution in [3.05, 3.63) is 82.7 Å². The summed E-state index contributed by atoms with van der Waals surface area (Å²) in [6.07, 6.45) is -4.67. The minimum Gasteiger partial charge on any atom is -0.469 e. The van der Waals surface area contributed by atoms with E-state index in [2.05, 4.69) is 37.6 Å². The van der Waals surface area contributed by atoms with Crippen molar-refractivity contribution in [2.45, 2.75) is 31.6 Å². The number of nitrogens with zero attached hydrogens (tertiary/aromatic N) is 2. The minimum absolute atomic E-state index is 0.0463. The van der Waals surface area contributed by atoms with Gasteiger partial charge in [-0.1, -0.05) is 71.1 Å². The molecule has 212 valence electrons. The van der Waals surface area contributed by atoms with Gasteiger partial charge in [0.15, 0.2) is 18.7 Å². The molecule has 14 heteroatoms. The standard InChI is InChI=1S/C25H24BrF6N3O4/c1-16(18-7-9-19(26)10-8-18)22(36)35(15-37-12-17-5-3-2-4-6-17)23-33-20(38-13-24(27,28)29)11-21(34-23)39-14-25(30,31)32/h2-7,9-11,18,20H,1,8,12-15H2,(H,33,34). The average molecular weight is 624 g/mol. The zero-order valence-corrected chi connectivity index (χ0v) is 21.9. The lowest BCUT2D eigenvalue weighted by molar-refractivity contribution is -0.181. The predicted octanol–water partition coefficient (Wildman–Crippen LogP) is 5.68. The summed E-state index contributed by atoms with van der Waals surface area (Å²) in [5.41, 5.74) is 0.850. The highest BCUT2D eigenvalue weighted by Crippen LogP contribution is 2.27. The molecule has 1 aromatic carbocycles. The number of guanidine groups is 1. The molecule has 2 aliphatic rings. The van der Waals surface area contributed by atoms with Crippen molar-refractivity contribution in [3.8, 4) is 0 Å². The Kier molecular flexibility index (Phi) is 10.4. The fourth-order valence-electron chi connectivity index (χ4n) is 3.35. The van der Waals surface area contributed by atoms with Gasteiger partial charge in [0.2, 0.25) is 5.96 Å².